The van der Waals surface area contributed by atoms with Gasteiger partial charge in [0.2, 0.25) is 5.91 Å². The van der Waals surface area contributed by atoms with Crippen LogP contribution in [0.1, 0.15) is 37.7 Å². The summed E-state index contributed by atoms with van der Waals surface area (Å²) in [5.41, 5.74) is 0.593. The Morgan fingerprint density at radius 2 is 2.17 bits per heavy atom. The van der Waals surface area contributed by atoms with Crippen molar-refractivity contribution in [3.05, 3.63) is 29.6 Å². The first kappa shape index (κ1) is 17.2. The molecule has 1 heterocycles. The molecule has 0 saturated carbocycles. The Hall–Kier alpha value is -2.11. The normalized spacial score (nSPS) is 17.8. The molecule has 1 atom stereocenters. The number of likely N-dealkylation sites (tertiary alicyclic amines) is 1. The topological polar surface area (TPSA) is 66.8 Å². The molecule has 0 aromatic heterocycles. The number of carboxylic acid groups (broad SMARTS) is 1. The highest BCUT2D eigenvalue weighted by molar-refractivity contribution is 5.79. The standard InChI is InChI=1S/C17H22FNO4/c1-23-15-7-5-12(10-14(15)18)11-16(20)19-9-3-2-4-13(19)6-8-17(21)22/h5,7,10,13H,2-4,6,8-9,11H2,1H3,(H,21,22)/t13-/m1/s1. The maximum Gasteiger partial charge on any atom is 0.303 e. The van der Waals surface area contributed by atoms with Crippen LogP contribution in [0, 0.1) is 5.82 Å². The summed E-state index contributed by atoms with van der Waals surface area (Å²) in [5, 5.41) is 8.83. The third kappa shape index (κ3) is 4.68. The van der Waals surface area contributed by atoms with E-state index >= 15 is 0 Å². The van der Waals surface area contributed by atoms with Crippen LogP contribution in [0.25, 0.3) is 0 Å². The number of rotatable bonds is 6. The SMILES string of the molecule is COc1ccc(CC(=O)N2CCCC[C@@H]2CCC(=O)O)cc1F. The van der Waals surface area contributed by atoms with E-state index in [1.54, 1.807) is 11.0 Å². The summed E-state index contributed by atoms with van der Waals surface area (Å²) in [6.45, 7) is 0.641. The van der Waals surface area contributed by atoms with Crippen molar-refractivity contribution in [2.45, 2.75) is 44.6 Å². The Labute approximate surface area is 135 Å². The second-order valence-corrected chi connectivity index (χ2v) is 5.81. The van der Waals surface area contributed by atoms with Crippen molar-refractivity contribution in [2.75, 3.05) is 13.7 Å². The largest absolute Gasteiger partial charge is 0.494 e. The van der Waals surface area contributed by atoms with Gasteiger partial charge in [0, 0.05) is 19.0 Å². The second kappa shape index (κ2) is 7.94. The Kier molecular flexibility index (Phi) is 5.96. The van der Waals surface area contributed by atoms with Crippen molar-refractivity contribution >= 4 is 11.9 Å². The lowest BCUT2D eigenvalue weighted by molar-refractivity contribution is -0.139. The van der Waals surface area contributed by atoms with Crippen LogP contribution in [-0.4, -0.2) is 41.6 Å². The number of carbonyl (C=O) groups is 2. The Morgan fingerprint density at radius 3 is 2.83 bits per heavy atom. The van der Waals surface area contributed by atoms with Crippen LogP contribution in [0.3, 0.4) is 0 Å². The fraction of sp³-hybridized carbons (Fsp3) is 0.529. The lowest BCUT2D eigenvalue weighted by atomic mass is 9.97. The van der Waals surface area contributed by atoms with Gasteiger partial charge in [0.1, 0.15) is 0 Å². The van der Waals surface area contributed by atoms with Crippen LogP contribution in [0.5, 0.6) is 5.75 Å². The predicted octanol–water partition coefficient (Wildman–Crippen LogP) is 2.62. The molecule has 0 bridgehead atoms. The van der Waals surface area contributed by atoms with Crippen molar-refractivity contribution in [3.8, 4) is 5.75 Å². The Balaban J connectivity index is 2.02. The zero-order chi connectivity index (χ0) is 16.8. The number of methoxy groups -OCH3 is 1. The van der Waals surface area contributed by atoms with Crippen LogP contribution < -0.4 is 4.74 Å². The number of benzene rings is 1. The van der Waals surface area contributed by atoms with Gasteiger partial charge in [0.05, 0.1) is 13.5 Å². The van der Waals surface area contributed by atoms with Crippen molar-refractivity contribution < 1.29 is 23.8 Å². The van der Waals surface area contributed by atoms with Gasteiger partial charge in [-0.05, 0) is 43.4 Å². The first-order valence-corrected chi connectivity index (χ1v) is 7.85. The lowest BCUT2D eigenvalue weighted by Gasteiger charge is -2.35. The quantitative estimate of drug-likeness (QED) is 0.874. The maximum absolute atomic E-state index is 13.7. The molecule has 0 unspecified atom stereocenters. The van der Waals surface area contributed by atoms with Gasteiger partial charge in [0.15, 0.2) is 11.6 Å². The summed E-state index contributed by atoms with van der Waals surface area (Å²) in [4.78, 5) is 25.0. The fourth-order valence-electron chi connectivity index (χ4n) is 3.02. The molecular formula is C17H22FNO4. The summed E-state index contributed by atoms with van der Waals surface area (Å²) < 4.78 is 18.6. The minimum absolute atomic E-state index is 0.0320. The number of piperidine rings is 1. The van der Waals surface area contributed by atoms with Gasteiger partial charge >= 0.3 is 5.97 Å². The van der Waals surface area contributed by atoms with Gasteiger partial charge in [0.25, 0.3) is 0 Å². The van der Waals surface area contributed by atoms with Crippen LogP contribution in [0.15, 0.2) is 18.2 Å². The van der Waals surface area contributed by atoms with Crippen molar-refractivity contribution in [2.24, 2.45) is 0 Å². The van der Waals surface area contributed by atoms with Crippen molar-refractivity contribution in [3.63, 3.8) is 0 Å². The highest BCUT2D eigenvalue weighted by atomic mass is 19.1. The summed E-state index contributed by atoms with van der Waals surface area (Å²) in [5.74, 6) is -1.26. The molecule has 23 heavy (non-hydrogen) atoms. The lowest BCUT2D eigenvalue weighted by Crippen LogP contribution is -2.44. The molecule has 1 aliphatic heterocycles. The second-order valence-electron chi connectivity index (χ2n) is 5.81. The van der Waals surface area contributed by atoms with E-state index in [-0.39, 0.29) is 30.5 Å². The minimum atomic E-state index is -0.847. The van der Waals surface area contributed by atoms with E-state index in [0.29, 0.717) is 18.5 Å². The highest BCUT2D eigenvalue weighted by Gasteiger charge is 2.27. The molecule has 0 spiro atoms. The summed E-state index contributed by atoms with van der Waals surface area (Å²) in [6, 6.07) is 4.47. The molecule has 1 amide bonds. The Morgan fingerprint density at radius 1 is 1.39 bits per heavy atom. The number of carbonyl (C=O) groups excluding carboxylic acids is 1. The molecule has 1 aromatic rings. The molecule has 0 aliphatic carbocycles. The van der Waals surface area contributed by atoms with Gasteiger partial charge < -0.3 is 14.7 Å². The average Bonchev–Trinajstić information content (AvgIpc) is 2.53. The maximum atomic E-state index is 13.7. The highest BCUT2D eigenvalue weighted by Crippen LogP contribution is 2.23. The first-order chi connectivity index (χ1) is 11.0. The predicted molar refractivity (Wildman–Crippen MR) is 82.9 cm³/mol. The molecular weight excluding hydrogens is 301 g/mol. The number of amides is 1. The monoisotopic (exact) mass is 323 g/mol. The number of ether oxygens (including phenoxy) is 1. The number of carboxylic acids is 1. The molecule has 2 rings (SSSR count). The molecule has 126 valence electrons. The van der Waals surface area contributed by atoms with E-state index in [0.717, 1.165) is 19.3 Å². The van der Waals surface area contributed by atoms with E-state index in [1.807, 2.05) is 0 Å². The molecule has 1 aliphatic rings. The van der Waals surface area contributed by atoms with Crippen molar-refractivity contribution in [1.29, 1.82) is 0 Å². The zero-order valence-corrected chi connectivity index (χ0v) is 13.3. The fourth-order valence-corrected chi connectivity index (χ4v) is 3.02. The number of nitrogens with zero attached hydrogens (tertiary/aromatic N) is 1. The average molecular weight is 323 g/mol. The van der Waals surface area contributed by atoms with Gasteiger partial charge in [-0.2, -0.15) is 0 Å². The van der Waals surface area contributed by atoms with E-state index in [4.69, 9.17) is 9.84 Å². The number of hydrogen-bond donors (Lipinski definition) is 1. The number of halogens is 1. The van der Waals surface area contributed by atoms with E-state index in [2.05, 4.69) is 0 Å². The number of hydrogen-bond acceptors (Lipinski definition) is 3. The molecule has 5 nitrogen and oxygen atoms in total. The van der Waals surface area contributed by atoms with E-state index in [1.165, 1.54) is 19.2 Å². The van der Waals surface area contributed by atoms with Crippen LogP contribution in [-0.2, 0) is 16.0 Å². The third-order valence-electron chi connectivity index (χ3n) is 4.21. The van der Waals surface area contributed by atoms with Crippen molar-refractivity contribution in [1.82, 2.24) is 4.90 Å². The van der Waals surface area contributed by atoms with Crippen LogP contribution in [0.2, 0.25) is 0 Å². The van der Waals surface area contributed by atoms with Gasteiger partial charge in [-0.25, -0.2) is 4.39 Å². The Bertz CT molecular complexity index is 576. The molecule has 1 N–H and O–H groups in total. The molecule has 1 aromatic carbocycles. The molecule has 1 fully saturated rings. The third-order valence-corrected chi connectivity index (χ3v) is 4.21. The first-order valence-electron chi connectivity index (χ1n) is 7.85. The van der Waals surface area contributed by atoms with E-state index < -0.39 is 11.8 Å². The zero-order valence-electron chi connectivity index (χ0n) is 13.3. The smallest absolute Gasteiger partial charge is 0.303 e. The van der Waals surface area contributed by atoms with Crippen LogP contribution >= 0.6 is 0 Å². The van der Waals surface area contributed by atoms with Gasteiger partial charge in [-0.3, -0.25) is 9.59 Å². The van der Waals surface area contributed by atoms with E-state index in [9.17, 15) is 14.0 Å². The molecule has 6 heteroatoms. The number of aliphatic carboxylic acids is 1. The van der Waals surface area contributed by atoms with Gasteiger partial charge in [-0.15, -0.1) is 0 Å². The minimum Gasteiger partial charge on any atom is -0.494 e. The van der Waals surface area contributed by atoms with Crippen LogP contribution in [0.4, 0.5) is 4.39 Å². The summed E-state index contributed by atoms with van der Waals surface area (Å²) in [7, 11) is 1.39. The summed E-state index contributed by atoms with van der Waals surface area (Å²) in [6.07, 6.45) is 3.40. The summed E-state index contributed by atoms with van der Waals surface area (Å²) >= 11 is 0. The van der Waals surface area contributed by atoms with Gasteiger partial charge in [-0.1, -0.05) is 6.07 Å². The molecule has 0 radical (unpaired) electrons. The molecule has 1 saturated heterocycles.